The first-order valence-electron chi connectivity index (χ1n) is 6.62. The molecule has 0 aliphatic rings. The fourth-order valence-corrected chi connectivity index (χ4v) is 2.41. The maximum atomic E-state index is 11.4. The Labute approximate surface area is 129 Å². The molecule has 1 amide bonds. The van der Waals surface area contributed by atoms with E-state index in [1.54, 1.807) is 18.5 Å². The lowest BCUT2D eigenvalue weighted by Crippen LogP contribution is -2.14. The maximum absolute atomic E-state index is 11.4. The molecule has 9 nitrogen and oxygen atoms in total. The number of amides is 1. The number of H-pyrrole nitrogens is 1. The molecule has 0 radical (unpaired) electrons. The molecule has 9 heteroatoms. The Balaban J connectivity index is 2.13. The predicted molar refractivity (Wildman–Crippen MR) is 83.5 cm³/mol. The second kappa shape index (κ2) is 5.37. The number of nitro groups is 1. The quantitative estimate of drug-likeness (QED) is 0.497. The standard InChI is InChI=1S/C14H12N6O3/c1-7-8(13(15)21)2-3-11(12(7)20(22)23)18-10-4-5-16-14-9(10)6-17-19-14/h2-6H,1H3,(H2,15,21)(H2,16,17,18,19). The van der Waals surface area contributed by atoms with Crippen LogP contribution >= 0.6 is 0 Å². The summed E-state index contributed by atoms with van der Waals surface area (Å²) in [4.78, 5) is 26.3. The maximum Gasteiger partial charge on any atom is 0.296 e. The van der Waals surface area contributed by atoms with E-state index < -0.39 is 10.8 Å². The minimum Gasteiger partial charge on any atom is -0.366 e. The summed E-state index contributed by atoms with van der Waals surface area (Å²) in [7, 11) is 0. The summed E-state index contributed by atoms with van der Waals surface area (Å²) in [5.41, 5.74) is 6.80. The number of aromatic amines is 1. The van der Waals surface area contributed by atoms with Crippen LogP contribution in [0.15, 0.2) is 30.6 Å². The predicted octanol–water partition coefficient (Wildman–Crippen LogP) is 2.02. The van der Waals surface area contributed by atoms with E-state index in [0.717, 1.165) is 0 Å². The molecule has 2 aromatic heterocycles. The lowest BCUT2D eigenvalue weighted by molar-refractivity contribution is -0.384. The molecule has 0 unspecified atom stereocenters. The Morgan fingerprint density at radius 3 is 2.83 bits per heavy atom. The van der Waals surface area contributed by atoms with Crippen molar-refractivity contribution in [2.24, 2.45) is 5.73 Å². The molecule has 0 atom stereocenters. The molecule has 0 fully saturated rings. The highest BCUT2D eigenvalue weighted by molar-refractivity contribution is 5.97. The number of rotatable bonds is 4. The van der Waals surface area contributed by atoms with Gasteiger partial charge < -0.3 is 11.1 Å². The molecule has 0 bridgehead atoms. The number of carbonyl (C=O) groups is 1. The van der Waals surface area contributed by atoms with Crippen LogP contribution in [0, 0.1) is 17.0 Å². The van der Waals surface area contributed by atoms with Gasteiger partial charge in [0.05, 0.1) is 22.2 Å². The van der Waals surface area contributed by atoms with Crippen molar-refractivity contribution in [2.45, 2.75) is 6.92 Å². The summed E-state index contributed by atoms with van der Waals surface area (Å²) in [6.07, 6.45) is 3.13. The van der Waals surface area contributed by atoms with E-state index >= 15 is 0 Å². The smallest absolute Gasteiger partial charge is 0.296 e. The highest BCUT2D eigenvalue weighted by Gasteiger charge is 2.22. The Morgan fingerprint density at radius 2 is 2.13 bits per heavy atom. The van der Waals surface area contributed by atoms with Crippen molar-refractivity contribution in [3.63, 3.8) is 0 Å². The van der Waals surface area contributed by atoms with Crippen molar-refractivity contribution in [3.05, 3.63) is 51.8 Å². The van der Waals surface area contributed by atoms with Gasteiger partial charge in [0.25, 0.3) is 5.69 Å². The Bertz CT molecular complexity index is 933. The molecule has 0 aliphatic carbocycles. The van der Waals surface area contributed by atoms with E-state index in [1.807, 2.05) is 0 Å². The van der Waals surface area contributed by atoms with Crippen molar-refractivity contribution in [3.8, 4) is 0 Å². The molecule has 0 saturated carbocycles. The average Bonchev–Trinajstić information content (AvgIpc) is 2.96. The van der Waals surface area contributed by atoms with E-state index in [0.29, 0.717) is 16.7 Å². The Morgan fingerprint density at radius 1 is 1.35 bits per heavy atom. The van der Waals surface area contributed by atoms with E-state index in [2.05, 4.69) is 20.5 Å². The molecule has 4 N–H and O–H groups in total. The van der Waals surface area contributed by atoms with Gasteiger partial charge in [-0.3, -0.25) is 20.0 Å². The number of carbonyl (C=O) groups excluding carboxylic acids is 1. The number of primary amides is 1. The highest BCUT2D eigenvalue weighted by Crippen LogP contribution is 2.34. The molecular weight excluding hydrogens is 300 g/mol. The highest BCUT2D eigenvalue weighted by atomic mass is 16.6. The number of hydrogen-bond donors (Lipinski definition) is 3. The SMILES string of the molecule is Cc1c(C(N)=O)ccc(Nc2ccnc3[nH]ncc23)c1[N+](=O)[O-]. The molecule has 2 heterocycles. The Hall–Kier alpha value is -3.49. The van der Waals surface area contributed by atoms with E-state index in [9.17, 15) is 14.9 Å². The van der Waals surface area contributed by atoms with Crippen molar-refractivity contribution in [1.29, 1.82) is 0 Å². The van der Waals surface area contributed by atoms with E-state index in [-0.39, 0.29) is 22.5 Å². The normalized spacial score (nSPS) is 10.7. The van der Waals surface area contributed by atoms with E-state index in [4.69, 9.17) is 5.73 Å². The lowest BCUT2D eigenvalue weighted by Gasteiger charge is -2.11. The van der Waals surface area contributed by atoms with E-state index in [1.165, 1.54) is 19.1 Å². The summed E-state index contributed by atoms with van der Waals surface area (Å²) in [6, 6.07) is 4.59. The van der Waals surface area contributed by atoms with Gasteiger partial charge in [0.1, 0.15) is 5.69 Å². The van der Waals surface area contributed by atoms with Crippen LogP contribution in [-0.2, 0) is 0 Å². The molecule has 3 aromatic rings. The van der Waals surface area contributed by atoms with Crippen LogP contribution in [0.4, 0.5) is 17.1 Å². The van der Waals surface area contributed by atoms with Gasteiger partial charge in [-0.2, -0.15) is 5.10 Å². The molecule has 0 saturated heterocycles. The minimum absolute atomic E-state index is 0.116. The zero-order valence-electron chi connectivity index (χ0n) is 12.0. The number of hydrogen-bond acceptors (Lipinski definition) is 6. The zero-order valence-corrected chi connectivity index (χ0v) is 12.0. The second-order valence-electron chi connectivity index (χ2n) is 4.87. The fraction of sp³-hybridized carbons (Fsp3) is 0.0714. The first kappa shape index (κ1) is 14.4. The van der Waals surface area contributed by atoms with Crippen LogP contribution in [0.1, 0.15) is 15.9 Å². The first-order valence-corrected chi connectivity index (χ1v) is 6.62. The van der Waals surface area contributed by atoms with Crippen LogP contribution in [0.25, 0.3) is 11.0 Å². The Kier molecular flexibility index (Phi) is 3.37. The van der Waals surface area contributed by atoms with Gasteiger partial charge >= 0.3 is 0 Å². The number of pyridine rings is 1. The van der Waals surface area contributed by atoms with Crippen molar-refractivity contribution in [1.82, 2.24) is 15.2 Å². The van der Waals surface area contributed by atoms with Crippen LogP contribution in [-0.4, -0.2) is 26.0 Å². The summed E-state index contributed by atoms with van der Waals surface area (Å²) in [6.45, 7) is 1.49. The average molecular weight is 312 g/mol. The first-order chi connectivity index (χ1) is 11.0. The van der Waals surface area contributed by atoms with Gasteiger partial charge in [-0.15, -0.1) is 0 Å². The lowest BCUT2D eigenvalue weighted by atomic mass is 10.0. The number of anilines is 2. The molecule has 116 valence electrons. The second-order valence-corrected chi connectivity index (χ2v) is 4.87. The largest absolute Gasteiger partial charge is 0.366 e. The third-order valence-electron chi connectivity index (χ3n) is 3.50. The number of aromatic nitrogens is 3. The fourth-order valence-electron chi connectivity index (χ4n) is 2.41. The number of nitrogens with one attached hydrogen (secondary N) is 2. The number of benzene rings is 1. The van der Waals surface area contributed by atoms with Crippen LogP contribution in [0.3, 0.4) is 0 Å². The van der Waals surface area contributed by atoms with Gasteiger partial charge in [-0.05, 0) is 25.1 Å². The number of nitrogens with zero attached hydrogens (tertiary/aromatic N) is 3. The molecule has 23 heavy (non-hydrogen) atoms. The van der Waals surface area contributed by atoms with Gasteiger partial charge in [-0.25, -0.2) is 4.98 Å². The number of nitrogens with two attached hydrogens (primary N) is 1. The zero-order chi connectivity index (χ0) is 16.6. The topological polar surface area (TPSA) is 140 Å². The summed E-state index contributed by atoms with van der Waals surface area (Å²) < 4.78 is 0. The third kappa shape index (κ3) is 2.44. The molecule has 0 aliphatic heterocycles. The van der Waals surface area contributed by atoms with Crippen molar-refractivity contribution < 1.29 is 9.72 Å². The third-order valence-corrected chi connectivity index (χ3v) is 3.50. The minimum atomic E-state index is -0.710. The molecular formula is C14H12N6O3. The summed E-state index contributed by atoms with van der Waals surface area (Å²) >= 11 is 0. The number of fused-ring (bicyclic) bond motifs is 1. The molecule has 0 spiro atoms. The summed E-state index contributed by atoms with van der Waals surface area (Å²) in [5.74, 6) is -0.710. The number of nitro benzene ring substituents is 1. The monoisotopic (exact) mass is 312 g/mol. The van der Waals surface area contributed by atoms with Crippen molar-refractivity contribution >= 4 is 34.0 Å². The van der Waals surface area contributed by atoms with Crippen LogP contribution in [0.2, 0.25) is 0 Å². The molecule has 1 aromatic carbocycles. The van der Waals surface area contributed by atoms with Gasteiger partial charge in [-0.1, -0.05) is 0 Å². The van der Waals surface area contributed by atoms with Crippen LogP contribution < -0.4 is 11.1 Å². The molecule has 3 rings (SSSR count). The van der Waals surface area contributed by atoms with Gasteiger partial charge in [0.15, 0.2) is 5.65 Å². The van der Waals surface area contributed by atoms with Gasteiger partial charge in [0, 0.05) is 17.3 Å². The van der Waals surface area contributed by atoms with Crippen LogP contribution in [0.5, 0.6) is 0 Å². The van der Waals surface area contributed by atoms with Gasteiger partial charge in [0.2, 0.25) is 5.91 Å². The van der Waals surface area contributed by atoms with Crippen molar-refractivity contribution in [2.75, 3.05) is 5.32 Å². The summed E-state index contributed by atoms with van der Waals surface area (Å²) in [5, 5.41) is 21.7.